The molecule has 0 amide bonds. The van der Waals surface area contributed by atoms with E-state index in [0.29, 0.717) is 11.4 Å². The van der Waals surface area contributed by atoms with Gasteiger partial charge in [0, 0.05) is 18.8 Å². The van der Waals surface area contributed by atoms with E-state index in [1.807, 2.05) is 30.4 Å². The minimum Gasteiger partial charge on any atom is -0.481 e. The predicted molar refractivity (Wildman–Crippen MR) is 66.9 cm³/mol. The van der Waals surface area contributed by atoms with Crippen LogP contribution in [0.1, 0.15) is 30.0 Å². The van der Waals surface area contributed by atoms with E-state index < -0.39 is 0 Å². The van der Waals surface area contributed by atoms with Crippen LogP contribution in [0.4, 0.5) is 0 Å². The highest BCUT2D eigenvalue weighted by Gasteiger charge is 2.30. The molecule has 0 saturated carbocycles. The molecule has 90 valence electrons. The summed E-state index contributed by atoms with van der Waals surface area (Å²) < 4.78 is 7.24. The molecule has 0 aromatic carbocycles. The van der Waals surface area contributed by atoms with Gasteiger partial charge in [0.25, 0.3) is 0 Å². The number of hydrogen-bond acceptors (Lipinski definition) is 4. The molecule has 0 aliphatic carbocycles. The van der Waals surface area contributed by atoms with Gasteiger partial charge in [-0.05, 0) is 13.3 Å². The highest BCUT2D eigenvalue weighted by Crippen LogP contribution is 2.39. The van der Waals surface area contributed by atoms with Crippen LogP contribution in [0.3, 0.4) is 0 Å². The van der Waals surface area contributed by atoms with Gasteiger partial charge in [-0.2, -0.15) is 5.10 Å². The molecular formula is C11H19N3OS. The number of hydrogen-bond donors (Lipinski definition) is 1. The van der Waals surface area contributed by atoms with Crippen LogP contribution in [-0.4, -0.2) is 28.7 Å². The fourth-order valence-corrected chi connectivity index (χ4v) is 3.61. The Hall–Kier alpha value is -0.680. The van der Waals surface area contributed by atoms with Crippen LogP contribution >= 0.6 is 11.8 Å². The van der Waals surface area contributed by atoms with Crippen molar-refractivity contribution in [1.29, 1.82) is 0 Å². The Kier molecular flexibility index (Phi) is 3.44. The summed E-state index contributed by atoms with van der Waals surface area (Å²) >= 11 is 1.94. The van der Waals surface area contributed by atoms with Gasteiger partial charge in [0.05, 0.1) is 23.7 Å². The quantitative estimate of drug-likeness (QED) is 0.876. The molecule has 1 saturated heterocycles. The van der Waals surface area contributed by atoms with Gasteiger partial charge >= 0.3 is 0 Å². The van der Waals surface area contributed by atoms with Gasteiger partial charge < -0.3 is 4.74 Å². The van der Waals surface area contributed by atoms with E-state index in [9.17, 15) is 0 Å². The molecule has 0 radical (unpaired) electrons. The molecule has 2 unspecified atom stereocenters. The summed E-state index contributed by atoms with van der Waals surface area (Å²) in [6, 6.07) is 0.610. The van der Waals surface area contributed by atoms with E-state index in [0.717, 1.165) is 11.6 Å². The first-order chi connectivity index (χ1) is 7.67. The van der Waals surface area contributed by atoms with Crippen molar-refractivity contribution >= 4 is 11.8 Å². The highest BCUT2D eigenvalue weighted by molar-refractivity contribution is 7.99. The Morgan fingerprint density at radius 2 is 2.38 bits per heavy atom. The minimum absolute atomic E-state index is 0.327. The van der Waals surface area contributed by atoms with Crippen molar-refractivity contribution in [2.45, 2.75) is 31.7 Å². The molecule has 2 rings (SSSR count). The Balaban J connectivity index is 2.27. The van der Waals surface area contributed by atoms with Crippen molar-refractivity contribution in [2.24, 2.45) is 7.05 Å². The Bertz CT molecular complexity index is 378. The summed E-state index contributed by atoms with van der Waals surface area (Å²) in [6.07, 6.45) is 1.17. The molecule has 0 bridgehead atoms. The maximum Gasteiger partial charge on any atom is 0.217 e. The first-order valence-corrected chi connectivity index (χ1v) is 6.67. The van der Waals surface area contributed by atoms with E-state index in [1.165, 1.54) is 17.7 Å². The minimum atomic E-state index is 0.327. The molecule has 1 fully saturated rings. The maximum atomic E-state index is 5.43. The fourth-order valence-electron chi connectivity index (χ4n) is 2.12. The Labute approximate surface area is 101 Å². The second-order valence-electron chi connectivity index (χ2n) is 4.12. The van der Waals surface area contributed by atoms with Gasteiger partial charge in [0.2, 0.25) is 5.88 Å². The summed E-state index contributed by atoms with van der Waals surface area (Å²) in [6.45, 7) is 4.26. The topological polar surface area (TPSA) is 39.1 Å². The molecule has 1 aliphatic heterocycles. The van der Waals surface area contributed by atoms with Crippen LogP contribution in [0.15, 0.2) is 0 Å². The molecule has 4 nitrogen and oxygen atoms in total. The van der Waals surface area contributed by atoms with Gasteiger partial charge in [-0.1, -0.05) is 6.92 Å². The Morgan fingerprint density at radius 1 is 1.62 bits per heavy atom. The average molecular weight is 241 g/mol. The molecule has 1 aliphatic rings. The standard InChI is InChI=1S/C11H19N3OS/c1-5-8-6-16-10(12-8)9-7(2)13-14(3)11(9)15-4/h8,10,12H,5-6H2,1-4H3. The number of aryl methyl sites for hydroxylation is 2. The molecular weight excluding hydrogens is 222 g/mol. The van der Waals surface area contributed by atoms with E-state index in [2.05, 4.69) is 17.3 Å². The normalized spacial score (nSPS) is 25.0. The van der Waals surface area contributed by atoms with Crippen LogP contribution in [0.2, 0.25) is 0 Å². The van der Waals surface area contributed by atoms with Crippen LogP contribution in [-0.2, 0) is 7.05 Å². The van der Waals surface area contributed by atoms with Crippen LogP contribution in [0, 0.1) is 6.92 Å². The zero-order chi connectivity index (χ0) is 11.7. The lowest BCUT2D eigenvalue weighted by Crippen LogP contribution is -2.25. The lowest BCUT2D eigenvalue weighted by Gasteiger charge is -2.13. The number of thioether (sulfide) groups is 1. The van der Waals surface area contributed by atoms with Gasteiger partial charge in [-0.3, -0.25) is 5.32 Å². The van der Waals surface area contributed by atoms with E-state index in [1.54, 1.807) is 7.11 Å². The molecule has 2 atom stereocenters. The third-order valence-corrected chi connectivity index (χ3v) is 4.31. The van der Waals surface area contributed by atoms with Crippen molar-refractivity contribution in [1.82, 2.24) is 15.1 Å². The second-order valence-corrected chi connectivity index (χ2v) is 5.26. The summed E-state index contributed by atoms with van der Waals surface area (Å²) in [5.41, 5.74) is 2.26. The monoisotopic (exact) mass is 241 g/mol. The zero-order valence-corrected chi connectivity index (χ0v) is 11.1. The Morgan fingerprint density at radius 3 is 2.94 bits per heavy atom. The molecule has 1 aromatic heterocycles. The number of methoxy groups -OCH3 is 1. The van der Waals surface area contributed by atoms with Gasteiger partial charge in [0.15, 0.2) is 0 Å². The number of aromatic nitrogens is 2. The van der Waals surface area contributed by atoms with E-state index in [4.69, 9.17) is 4.74 Å². The van der Waals surface area contributed by atoms with Crippen LogP contribution in [0.5, 0.6) is 5.88 Å². The smallest absolute Gasteiger partial charge is 0.217 e. The largest absolute Gasteiger partial charge is 0.481 e. The second kappa shape index (κ2) is 4.67. The molecule has 5 heteroatoms. The summed E-state index contributed by atoms with van der Waals surface area (Å²) in [7, 11) is 3.63. The molecule has 0 spiro atoms. The van der Waals surface area contributed by atoms with E-state index >= 15 is 0 Å². The number of nitrogens with one attached hydrogen (secondary N) is 1. The molecule has 2 heterocycles. The third kappa shape index (κ3) is 1.94. The zero-order valence-electron chi connectivity index (χ0n) is 10.3. The van der Waals surface area contributed by atoms with Crippen molar-refractivity contribution in [3.05, 3.63) is 11.3 Å². The van der Waals surface area contributed by atoms with Crippen molar-refractivity contribution in [2.75, 3.05) is 12.9 Å². The first-order valence-electron chi connectivity index (χ1n) is 5.62. The highest BCUT2D eigenvalue weighted by atomic mass is 32.2. The summed E-state index contributed by atoms with van der Waals surface area (Å²) in [5.74, 6) is 2.04. The van der Waals surface area contributed by atoms with E-state index in [-0.39, 0.29) is 0 Å². The lowest BCUT2D eigenvalue weighted by molar-refractivity contribution is 0.367. The summed E-state index contributed by atoms with van der Waals surface area (Å²) in [5, 5.41) is 8.36. The lowest BCUT2D eigenvalue weighted by atomic mass is 10.2. The summed E-state index contributed by atoms with van der Waals surface area (Å²) in [4.78, 5) is 0. The number of rotatable bonds is 3. The first kappa shape index (κ1) is 11.8. The van der Waals surface area contributed by atoms with Crippen molar-refractivity contribution in [3.63, 3.8) is 0 Å². The predicted octanol–water partition coefficient (Wildman–Crippen LogP) is 1.85. The fraction of sp³-hybridized carbons (Fsp3) is 0.727. The third-order valence-electron chi connectivity index (χ3n) is 3.01. The van der Waals surface area contributed by atoms with Gasteiger partial charge in [-0.15, -0.1) is 11.8 Å². The molecule has 1 N–H and O–H groups in total. The molecule has 1 aromatic rings. The van der Waals surface area contributed by atoms with Crippen molar-refractivity contribution < 1.29 is 4.74 Å². The SMILES string of the molecule is CCC1CSC(c2c(C)nn(C)c2OC)N1. The maximum absolute atomic E-state index is 5.43. The number of ether oxygens (including phenoxy) is 1. The van der Waals surface area contributed by atoms with Gasteiger partial charge in [-0.25, -0.2) is 4.68 Å². The number of nitrogens with zero attached hydrogens (tertiary/aromatic N) is 2. The molecule has 16 heavy (non-hydrogen) atoms. The van der Waals surface area contributed by atoms with Crippen LogP contribution in [0.25, 0.3) is 0 Å². The van der Waals surface area contributed by atoms with Crippen molar-refractivity contribution in [3.8, 4) is 5.88 Å². The van der Waals surface area contributed by atoms with Crippen LogP contribution < -0.4 is 10.1 Å². The van der Waals surface area contributed by atoms with Gasteiger partial charge in [0.1, 0.15) is 0 Å². The average Bonchev–Trinajstić information content (AvgIpc) is 2.82.